The molecule has 1 fully saturated rings. The first-order valence-corrected chi connectivity index (χ1v) is 5.13. The molecule has 1 aliphatic rings. The van der Waals surface area contributed by atoms with E-state index in [1.807, 2.05) is 12.1 Å². The SMILES string of the molecule is ClCC1COCCN1c1cccnn1. The van der Waals surface area contributed by atoms with Crippen LogP contribution in [-0.2, 0) is 4.74 Å². The number of anilines is 1. The Morgan fingerprint density at radius 1 is 1.64 bits per heavy atom. The third kappa shape index (κ3) is 1.96. The lowest BCUT2D eigenvalue weighted by atomic mass is 10.2. The molecule has 0 bridgehead atoms. The van der Waals surface area contributed by atoms with Gasteiger partial charge in [-0.25, -0.2) is 0 Å². The van der Waals surface area contributed by atoms with Crippen molar-refractivity contribution < 1.29 is 4.74 Å². The molecule has 0 saturated carbocycles. The molecule has 1 unspecified atom stereocenters. The number of alkyl halides is 1. The number of halogens is 1. The molecule has 1 aliphatic heterocycles. The van der Waals surface area contributed by atoms with Gasteiger partial charge in [0.05, 0.1) is 19.3 Å². The van der Waals surface area contributed by atoms with E-state index in [4.69, 9.17) is 16.3 Å². The second kappa shape index (κ2) is 4.57. The highest BCUT2D eigenvalue weighted by Crippen LogP contribution is 2.16. The van der Waals surface area contributed by atoms with Crippen LogP contribution in [0.5, 0.6) is 0 Å². The molecule has 2 rings (SSSR count). The van der Waals surface area contributed by atoms with Gasteiger partial charge in [0.1, 0.15) is 0 Å². The first-order chi connectivity index (χ1) is 6.92. The van der Waals surface area contributed by atoms with Crippen molar-refractivity contribution in [3.63, 3.8) is 0 Å². The van der Waals surface area contributed by atoms with Crippen molar-refractivity contribution in [3.05, 3.63) is 18.3 Å². The Balaban J connectivity index is 2.15. The number of nitrogens with zero attached hydrogens (tertiary/aromatic N) is 3. The maximum Gasteiger partial charge on any atom is 0.151 e. The highest BCUT2D eigenvalue weighted by Gasteiger charge is 2.23. The molecule has 5 heteroatoms. The number of rotatable bonds is 2. The van der Waals surface area contributed by atoms with Gasteiger partial charge in [0.25, 0.3) is 0 Å². The van der Waals surface area contributed by atoms with Crippen LogP contribution in [0.15, 0.2) is 18.3 Å². The molecule has 1 saturated heterocycles. The highest BCUT2D eigenvalue weighted by molar-refractivity contribution is 6.18. The molecule has 0 amide bonds. The molecule has 0 N–H and O–H groups in total. The van der Waals surface area contributed by atoms with E-state index < -0.39 is 0 Å². The minimum atomic E-state index is 0.210. The molecule has 1 atom stereocenters. The van der Waals surface area contributed by atoms with E-state index in [0.717, 1.165) is 19.0 Å². The number of ether oxygens (including phenoxy) is 1. The maximum atomic E-state index is 5.86. The van der Waals surface area contributed by atoms with E-state index in [1.54, 1.807) is 6.20 Å². The molecule has 1 aromatic heterocycles. The normalized spacial score (nSPS) is 22.4. The molecule has 14 heavy (non-hydrogen) atoms. The van der Waals surface area contributed by atoms with Crippen LogP contribution in [0.2, 0.25) is 0 Å². The molecule has 0 radical (unpaired) electrons. The largest absolute Gasteiger partial charge is 0.377 e. The van der Waals surface area contributed by atoms with Crippen molar-refractivity contribution in [1.82, 2.24) is 10.2 Å². The highest BCUT2D eigenvalue weighted by atomic mass is 35.5. The summed E-state index contributed by atoms with van der Waals surface area (Å²) in [5, 5.41) is 7.92. The van der Waals surface area contributed by atoms with E-state index in [-0.39, 0.29) is 6.04 Å². The number of morpholine rings is 1. The molecule has 1 aromatic rings. The van der Waals surface area contributed by atoms with Gasteiger partial charge in [-0.05, 0) is 12.1 Å². The van der Waals surface area contributed by atoms with Gasteiger partial charge in [0.15, 0.2) is 5.82 Å². The standard InChI is InChI=1S/C9H12ClN3O/c10-6-8-7-14-5-4-13(8)9-2-1-3-11-12-9/h1-3,8H,4-7H2. The first-order valence-electron chi connectivity index (χ1n) is 4.60. The van der Waals surface area contributed by atoms with Crippen molar-refractivity contribution in [2.45, 2.75) is 6.04 Å². The summed E-state index contributed by atoms with van der Waals surface area (Å²) in [5.41, 5.74) is 0. The van der Waals surface area contributed by atoms with Crippen LogP contribution in [-0.4, -0.2) is 41.9 Å². The van der Waals surface area contributed by atoms with Crippen molar-refractivity contribution in [1.29, 1.82) is 0 Å². The molecule has 4 nitrogen and oxygen atoms in total. The zero-order valence-corrected chi connectivity index (χ0v) is 8.52. The lowest BCUT2D eigenvalue weighted by molar-refractivity contribution is 0.0993. The van der Waals surface area contributed by atoms with Gasteiger partial charge < -0.3 is 9.64 Å². The predicted octanol–water partition coefficient (Wildman–Crippen LogP) is 0.921. The smallest absolute Gasteiger partial charge is 0.151 e. The lowest BCUT2D eigenvalue weighted by Gasteiger charge is -2.34. The average Bonchev–Trinajstić information content (AvgIpc) is 2.30. The summed E-state index contributed by atoms with van der Waals surface area (Å²) in [5.74, 6) is 1.43. The minimum absolute atomic E-state index is 0.210. The fraction of sp³-hybridized carbons (Fsp3) is 0.556. The summed E-state index contributed by atoms with van der Waals surface area (Å²) < 4.78 is 5.35. The summed E-state index contributed by atoms with van der Waals surface area (Å²) in [6, 6.07) is 4.03. The Morgan fingerprint density at radius 2 is 2.57 bits per heavy atom. The van der Waals surface area contributed by atoms with Gasteiger partial charge in [-0.2, -0.15) is 5.10 Å². The van der Waals surface area contributed by atoms with E-state index in [0.29, 0.717) is 12.5 Å². The molecule has 0 aliphatic carbocycles. The zero-order chi connectivity index (χ0) is 9.80. The Morgan fingerprint density at radius 3 is 3.29 bits per heavy atom. The molecule has 2 heterocycles. The maximum absolute atomic E-state index is 5.86. The topological polar surface area (TPSA) is 38.2 Å². The second-order valence-corrected chi connectivity index (χ2v) is 3.47. The lowest BCUT2D eigenvalue weighted by Crippen LogP contribution is -2.47. The molecular formula is C9H12ClN3O. The van der Waals surface area contributed by atoms with Crippen LogP contribution in [0.1, 0.15) is 0 Å². The van der Waals surface area contributed by atoms with Crippen molar-refractivity contribution in [3.8, 4) is 0 Å². The van der Waals surface area contributed by atoms with Gasteiger partial charge in [-0.3, -0.25) is 0 Å². The third-order valence-electron chi connectivity index (χ3n) is 2.26. The van der Waals surface area contributed by atoms with Gasteiger partial charge in [-0.15, -0.1) is 16.7 Å². The summed E-state index contributed by atoms with van der Waals surface area (Å²) in [4.78, 5) is 2.14. The Labute approximate surface area is 87.8 Å². The third-order valence-corrected chi connectivity index (χ3v) is 2.61. The average molecular weight is 214 g/mol. The van der Waals surface area contributed by atoms with Crippen molar-refractivity contribution >= 4 is 17.4 Å². The fourth-order valence-corrected chi connectivity index (χ4v) is 1.79. The zero-order valence-electron chi connectivity index (χ0n) is 7.77. The minimum Gasteiger partial charge on any atom is -0.377 e. The van der Waals surface area contributed by atoms with E-state index in [9.17, 15) is 0 Å². The second-order valence-electron chi connectivity index (χ2n) is 3.16. The van der Waals surface area contributed by atoms with Crippen molar-refractivity contribution in [2.75, 3.05) is 30.5 Å². The van der Waals surface area contributed by atoms with E-state index >= 15 is 0 Å². The molecule has 76 valence electrons. The predicted molar refractivity (Wildman–Crippen MR) is 54.7 cm³/mol. The molecule has 0 spiro atoms. The summed E-state index contributed by atoms with van der Waals surface area (Å²) >= 11 is 5.86. The van der Waals surface area contributed by atoms with E-state index in [2.05, 4.69) is 15.1 Å². The number of hydrogen-bond donors (Lipinski definition) is 0. The van der Waals surface area contributed by atoms with Gasteiger partial charge in [-0.1, -0.05) is 0 Å². The quantitative estimate of drug-likeness (QED) is 0.685. The van der Waals surface area contributed by atoms with Crippen LogP contribution in [0.4, 0.5) is 5.82 Å². The van der Waals surface area contributed by atoms with Crippen LogP contribution in [0.25, 0.3) is 0 Å². The number of aromatic nitrogens is 2. The fourth-order valence-electron chi connectivity index (χ4n) is 1.53. The van der Waals surface area contributed by atoms with Gasteiger partial charge in [0, 0.05) is 18.6 Å². The Kier molecular flexibility index (Phi) is 3.16. The first kappa shape index (κ1) is 9.68. The Hall–Kier alpha value is -0.870. The Bertz CT molecular complexity index is 283. The monoisotopic (exact) mass is 213 g/mol. The van der Waals surface area contributed by atoms with Gasteiger partial charge >= 0.3 is 0 Å². The molecule has 0 aromatic carbocycles. The van der Waals surface area contributed by atoms with E-state index in [1.165, 1.54) is 0 Å². The molecular weight excluding hydrogens is 202 g/mol. The van der Waals surface area contributed by atoms with Crippen LogP contribution in [0.3, 0.4) is 0 Å². The number of hydrogen-bond acceptors (Lipinski definition) is 4. The van der Waals surface area contributed by atoms with Crippen LogP contribution in [0, 0.1) is 0 Å². The van der Waals surface area contributed by atoms with Crippen LogP contribution >= 0.6 is 11.6 Å². The summed E-state index contributed by atoms with van der Waals surface area (Å²) in [7, 11) is 0. The summed E-state index contributed by atoms with van der Waals surface area (Å²) in [6.07, 6.45) is 1.67. The van der Waals surface area contributed by atoms with Crippen molar-refractivity contribution in [2.24, 2.45) is 0 Å². The summed E-state index contributed by atoms with van der Waals surface area (Å²) in [6.45, 7) is 2.22. The van der Waals surface area contributed by atoms with Gasteiger partial charge in [0.2, 0.25) is 0 Å². The van der Waals surface area contributed by atoms with Crippen LogP contribution < -0.4 is 4.90 Å².